The molecule has 3 aromatic carbocycles. The first-order valence-electron chi connectivity index (χ1n) is 10.2. The fourth-order valence-electron chi connectivity index (χ4n) is 3.10. The molecule has 2 amide bonds. The lowest BCUT2D eigenvalue weighted by atomic mass is 10.1. The number of hydrogen-bond acceptors (Lipinski definition) is 6. The average Bonchev–Trinajstić information content (AvgIpc) is 2.83. The van der Waals surface area contributed by atoms with Crippen LogP contribution in [0.3, 0.4) is 0 Å². The van der Waals surface area contributed by atoms with Crippen molar-refractivity contribution in [2.24, 2.45) is 0 Å². The van der Waals surface area contributed by atoms with Crippen molar-refractivity contribution in [3.05, 3.63) is 89.5 Å². The van der Waals surface area contributed by atoms with Crippen LogP contribution >= 0.6 is 0 Å². The van der Waals surface area contributed by atoms with E-state index in [0.717, 1.165) is 5.56 Å². The van der Waals surface area contributed by atoms with E-state index in [1.807, 2.05) is 37.3 Å². The van der Waals surface area contributed by atoms with Gasteiger partial charge in [-0.1, -0.05) is 42.5 Å². The van der Waals surface area contributed by atoms with E-state index in [9.17, 15) is 19.5 Å². The number of anilines is 1. The maximum atomic E-state index is 12.8. The van der Waals surface area contributed by atoms with Crippen LogP contribution < -0.4 is 15.4 Å². The van der Waals surface area contributed by atoms with Crippen LogP contribution in [-0.4, -0.2) is 36.6 Å². The molecule has 8 nitrogen and oxygen atoms in total. The first kappa shape index (κ1) is 23.3. The number of phenolic OH excluding ortho intramolecular Hbond substituents is 1. The maximum absolute atomic E-state index is 12.8. The van der Waals surface area contributed by atoms with Crippen LogP contribution in [0.5, 0.6) is 11.5 Å². The van der Waals surface area contributed by atoms with E-state index >= 15 is 0 Å². The number of aromatic hydroxyl groups is 1. The van der Waals surface area contributed by atoms with Crippen LogP contribution in [-0.2, 0) is 9.53 Å². The zero-order valence-electron chi connectivity index (χ0n) is 18.2. The molecule has 0 aliphatic carbocycles. The molecule has 0 bridgehead atoms. The van der Waals surface area contributed by atoms with Gasteiger partial charge in [0.1, 0.15) is 17.1 Å². The molecule has 33 heavy (non-hydrogen) atoms. The Labute approximate surface area is 191 Å². The molecule has 3 rings (SSSR count). The van der Waals surface area contributed by atoms with Gasteiger partial charge in [0.25, 0.3) is 11.8 Å². The van der Waals surface area contributed by atoms with E-state index < -0.39 is 18.5 Å². The lowest BCUT2D eigenvalue weighted by molar-refractivity contribution is -0.119. The van der Waals surface area contributed by atoms with Crippen molar-refractivity contribution in [1.29, 1.82) is 0 Å². The summed E-state index contributed by atoms with van der Waals surface area (Å²) in [5.74, 6) is -1.81. The molecule has 1 unspecified atom stereocenters. The van der Waals surface area contributed by atoms with Crippen molar-refractivity contribution in [2.75, 3.05) is 19.0 Å². The summed E-state index contributed by atoms with van der Waals surface area (Å²) in [5.41, 5.74) is 1.40. The molecule has 0 saturated carbocycles. The number of benzene rings is 3. The van der Waals surface area contributed by atoms with Gasteiger partial charge in [-0.25, -0.2) is 4.79 Å². The third-order valence-electron chi connectivity index (χ3n) is 4.85. The van der Waals surface area contributed by atoms with Gasteiger partial charge >= 0.3 is 5.97 Å². The second kappa shape index (κ2) is 10.8. The van der Waals surface area contributed by atoms with E-state index in [1.165, 1.54) is 25.3 Å². The third kappa shape index (κ3) is 6.10. The molecule has 0 saturated heterocycles. The second-order valence-electron chi connectivity index (χ2n) is 7.16. The SMILES string of the molecule is COc1ccc(C(=O)OCC(=O)Nc2ccccc2C(=O)NC(C)c2ccccc2)c(O)c1. The summed E-state index contributed by atoms with van der Waals surface area (Å²) in [6, 6.07) is 19.9. The Kier molecular flexibility index (Phi) is 7.64. The Morgan fingerprint density at radius 2 is 1.64 bits per heavy atom. The van der Waals surface area contributed by atoms with Crippen LogP contribution in [0.25, 0.3) is 0 Å². The summed E-state index contributed by atoms with van der Waals surface area (Å²) in [6.07, 6.45) is 0. The van der Waals surface area contributed by atoms with Crippen LogP contribution in [0.1, 0.15) is 39.2 Å². The number of amides is 2. The highest BCUT2D eigenvalue weighted by Crippen LogP contribution is 2.24. The van der Waals surface area contributed by atoms with Crippen molar-refractivity contribution in [3.8, 4) is 11.5 Å². The van der Waals surface area contributed by atoms with Gasteiger partial charge in [0.05, 0.1) is 24.4 Å². The highest BCUT2D eigenvalue weighted by Gasteiger charge is 2.18. The van der Waals surface area contributed by atoms with E-state index in [0.29, 0.717) is 5.75 Å². The van der Waals surface area contributed by atoms with Gasteiger partial charge in [-0.05, 0) is 36.8 Å². The number of esters is 1. The lowest BCUT2D eigenvalue weighted by Gasteiger charge is -2.16. The van der Waals surface area contributed by atoms with Crippen LogP contribution in [0.15, 0.2) is 72.8 Å². The minimum absolute atomic E-state index is 0.0988. The molecule has 0 heterocycles. The summed E-state index contributed by atoms with van der Waals surface area (Å²) < 4.78 is 9.95. The molecule has 0 aliphatic rings. The molecule has 0 spiro atoms. The summed E-state index contributed by atoms with van der Waals surface area (Å²) in [4.78, 5) is 37.3. The van der Waals surface area contributed by atoms with Gasteiger partial charge in [0, 0.05) is 6.07 Å². The number of hydrogen-bond donors (Lipinski definition) is 3. The Balaban J connectivity index is 1.61. The summed E-state index contributed by atoms with van der Waals surface area (Å²) >= 11 is 0. The zero-order valence-corrected chi connectivity index (χ0v) is 18.2. The molecule has 3 aromatic rings. The summed E-state index contributed by atoms with van der Waals surface area (Å²) in [5, 5.41) is 15.4. The van der Waals surface area contributed by atoms with E-state index in [-0.39, 0.29) is 34.5 Å². The molecule has 0 radical (unpaired) electrons. The normalized spacial score (nSPS) is 11.2. The standard InChI is InChI=1S/C25H24N2O6/c1-16(17-8-4-3-5-9-17)26-24(30)19-10-6-7-11-21(19)27-23(29)15-33-25(31)20-13-12-18(32-2)14-22(20)28/h3-14,16,28H,15H2,1-2H3,(H,26,30)(H,27,29). The Morgan fingerprint density at radius 1 is 0.939 bits per heavy atom. The number of phenols is 1. The van der Waals surface area contributed by atoms with Gasteiger partial charge in [-0.15, -0.1) is 0 Å². The van der Waals surface area contributed by atoms with E-state index in [1.54, 1.807) is 24.3 Å². The first-order valence-corrected chi connectivity index (χ1v) is 10.2. The molecule has 0 aliphatic heterocycles. The Hall–Kier alpha value is -4.33. The average molecular weight is 448 g/mol. The number of methoxy groups -OCH3 is 1. The third-order valence-corrected chi connectivity index (χ3v) is 4.85. The van der Waals surface area contributed by atoms with Crippen molar-refractivity contribution in [2.45, 2.75) is 13.0 Å². The van der Waals surface area contributed by atoms with Gasteiger partial charge in [0.15, 0.2) is 6.61 Å². The number of carbonyl (C=O) groups excluding carboxylic acids is 3. The Bertz CT molecular complexity index is 1150. The maximum Gasteiger partial charge on any atom is 0.342 e. The Morgan fingerprint density at radius 3 is 2.33 bits per heavy atom. The van der Waals surface area contributed by atoms with E-state index in [2.05, 4.69) is 10.6 Å². The molecule has 0 fully saturated rings. The topological polar surface area (TPSA) is 114 Å². The number of nitrogens with one attached hydrogen (secondary N) is 2. The van der Waals surface area contributed by atoms with E-state index in [4.69, 9.17) is 9.47 Å². The van der Waals surface area contributed by atoms with Crippen LogP contribution in [0, 0.1) is 0 Å². The molecular formula is C25H24N2O6. The largest absolute Gasteiger partial charge is 0.507 e. The van der Waals surface area contributed by atoms with Crippen molar-refractivity contribution in [1.82, 2.24) is 5.32 Å². The number of para-hydroxylation sites is 1. The molecule has 1 atom stereocenters. The minimum atomic E-state index is -0.868. The van der Waals surface area contributed by atoms with Gasteiger partial charge in [-0.2, -0.15) is 0 Å². The number of ether oxygens (including phenoxy) is 2. The number of rotatable bonds is 8. The summed E-state index contributed by atoms with van der Waals surface area (Å²) in [7, 11) is 1.43. The monoisotopic (exact) mass is 448 g/mol. The first-order chi connectivity index (χ1) is 15.9. The fourth-order valence-corrected chi connectivity index (χ4v) is 3.10. The summed E-state index contributed by atoms with van der Waals surface area (Å²) in [6.45, 7) is 1.27. The predicted octanol–water partition coefficient (Wildman–Crippen LogP) is 3.69. The quantitative estimate of drug-likeness (QED) is 0.453. The van der Waals surface area contributed by atoms with Gasteiger partial charge in [0.2, 0.25) is 0 Å². The highest BCUT2D eigenvalue weighted by molar-refractivity contribution is 6.04. The lowest BCUT2D eigenvalue weighted by Crippen LogP contribution is -2.28. The predicted molar refractivity (Wildman–Crippen MR) is 122 cm³/mol. The van der Waals surface area contributed by atoms with Crippen LogP contribution in [0.2, 0.25) is 0 Å². The smallest absolute Gasteiger partial charge is 0.342 e. The van der Waals surface area contributed by atoms with Gasteiger partial charge < -0.3 is 25.2 Å². The molecular weight excluding hydrogens is 424 g/mol. The molecule has 170 valence electrons. The van der Waals surface area contributed by atoms with Crippen molar-refractivity contribution >= 4 is 23.5 Å². The molecule has 3 N–H and O–H groups in total. The molecule has 0 aromatic heterocycles. The molecule has 8 heteroatoms. The zero-order chi connectivity index (χ0) is 23.8. The highest BCUT2D eigenvalue weighted by atomic mass is 16.5. The van der Waals surface area contributed by atoms with Crippen LogP contribution in [0.4, 0.5) is 5.69 Å². The fraction of sp³-hybridized carbons (Fsp3) is 0.160. The second-order valence-corrected chi connectivity index (χ2v) is 7.16. The van der Waals surface area contributed by atoms with Gasteiger partial charge in [-0.3, -0.25) is 9.59 Å². The minimum Gasteiger partial charge on any atom is -0.507 e. The number of carbonyl (C=O) groups is 3. The van der Waals surface area contributed by atoms with Crippen molar-refractivity contribution < 1.29 is 29.0 Å². The van der Waals surface area contributed by atoms with Crippen molar-refractivity contribution in [3.63, 3.8) is 0 Å².